The Hall–Kier alpha value is -1.14. The second-order valence-corrected chi connectivity index (χ2v) is 9.66. The number of hydrogen-bond acceptors (Lipinski definition) is 6. The van der Waals surface area contributed by atoms with Crippen LogP contribution in [0.3, 0.4) is 0 Å². The van der Waals surface area contributed by atoms with Crippen molar-refractivity contribution < 1.29 is 28.9 Å². The average molecular weight is 368 g/mol. The van der Waals surface area contributed by atoms with Gasteiger partial charge in [-0.2, -0.15) is 0 Å². The summed E-state index contributed by atoms with van der Waals surface area (Å²) in [4.78, 5) is 24.5. The maximum atomic E-state index is 12.7. The van der Waals surface area contributed by atoms with Crippen LogP contribution in [0.2, 0.25) is 0 Å². The van der Waals surface area contributed by atoms with E-state index in [0.717, 1.165) is 12.8 Å². The molecule has 2 saturated carbocycles. The van der Waals surface area contributed by atoms with E-state index in [9.17, 15) is 14.7 Å². The Bertz CT molecular complexity index is 579. The highest BCUT2D eigenvalue weighted by atomic mass is 16.7. The molecule has 148 valence electrons. The Morgan fingerprint density at radius 3 is 2.50 bits per heavy atom. The van der Waals surface area contributed by atoms with Gasteiger partial charge in [0, 0.05) is 5.92 Å². The third kappa shape index (κ3) is 2.95. The molecule has 26 heavy (non-hydrogen) atoms. The molecule has 3 rings (SSSR count). The monoisotopic (exact) mass is 368 g/mol. The summed E-state index contributed by atoms with van der Waals surface area (Å²) in [5, 5.41) is 10.2. The van der Waals surface area contributed by atoms with Crippen molar-refractivity contribution in [2.45, 2.75) is 72.9 Å². The Kier molecular flexibility index (Phi) is 4.89. The zero-order valence-electron chi connectivity index (χ0n) is 16.7. The first-order valence-corrected chi connectivity index (χ1v) is 9.68. The molecule has 0 aromatic carbocycles. The highest BCUT2D eigenvalue weighted by Crippen LogP contribution is 2.55. The van der Waals surface area contributed by atoms with E-state index in [1.807, 2.05) is 41.5 Å². The van der Waals surface area contributed by atoms with Crippen LogP contribution in [0.5, 0.6) is 0 Å². The van der Waals surface area contributed by atoms with Crippen molar-refractivity contribution in [3.8, 4) is 0 Å². The summed E-state index contributed by atoms with van der Waals surface area (Å²) in [7, 11) is 0. The van der Waals surface area contributed by atoms with Crippen molar-refractivity contribution >= 4 is 11.9 Å². The summed E-state index contributed by atoms with van der Waals surface area (Å²) in [5.41, 5.74) is -0.949. The number of rotatable bonds is 6. The lowest BCUT2D eigenvalue weighted by molar-refractivity contribution is -0.206. The molecule has 0 amide bonds. The van der Waals surface area contributed by atoms with Gasteiger partial charge in [-0.1, -0.05) is 34.6 Å². The third-order valence-electron chi connectivity index (χ3n) is 7.22. The topological polar surface area (TPSA) is 82.1 Å². The summed E-state index contributed by atoms with van der Waals surface area (Å²) < 4.78 is 16.6. The fourth-order valence-corrected chi connectivity index (χ4v) is 5.02. The standard InChI is InChI=1S/C20H32O6/c1-10(2)20(6,19(3,4)5)18(23)24-9-14(21)25-15-11-7-12-13(8-11)17(22)26-16(12)15/h10-16,21H,7-9H2,1-6H3. The van der Waals surface area contributed by atoms with E-state index in [1.54, 1.807) is 0 Å². The smallest absolute Gasteiger partial charge is 0.312 e. The summed E-state index contributed by atoms with van der Waals surface area (Å²) in [6, 6.07) is 0. The zero-order chi connectivity index (χ0) is 19.4. The van der Waals surface area contributed by atoms with E-state index in [2.05, 4.69) is 0 Å². The van der Waals surface area contributed by atoms with Gasteiger partial charge in [-0.15, -0.1) is 0 Å². The summed E-state index contributed by atoms with van der Waals surface area (Å²) in [6.07, 6.45) is -0.0830. The van der Waals surface area contributed by atoms with Gasteiger partial charge < -0.3 is 19.3 Å². The van der Waals surface area contributed by atoms with Gasteiger partial charge in [0.2, 0.25) is 0 Å². The predicted molar refractivity (Wildman–Crippen MR) is 93.8 cm³/mol. The molecule has 2 bridgehead atoms. The Morgan fingerprint density at radius 1 is 1.27 bits per heavy atom. The van der Waals surface area contributed by atoms with Gasteiger partial charge in [0.25, 0.3) is 0 Å². The van der Waals surface area contributed by atoms with Crippen LogP contribution < -0.4 is 0 Å². The molecule has 0 spiro atoms. The van der Waals surface area contributed by atoms with Crippen LogP contribution in [-0.2, 0) is 23.8 Å². The number of esters is 2. The van der Waals surface area contributed by atoms with Crippen molar-refractivity contribution in [3.63, 3.8) is 0 Å². The van der Waals surface area contributed by atoms with Crippen LogP contribution in [0.15, 0.2) is 0 Å². The highest BCUT2D eigenvalue weighted by molar-refractivity contribution is 5.78. The summed E-state index contributed by atoms with van der Waals surface area (Å²) in [6.45, 7) is 11.7. The largest absolute Gasteiger partial charge is 0.460 e. The lowest BCUT2D eigenvalue weighted by Gasteiger charge is -2.43. The van der Waals surface area contributed by atoms with Gasteiger partial charge in [-0.3, -0.25) is 9.59 Å². The summed E-state index contributed by atoms with van der Waals surface area (Å²) in [5.74, 6) is 0.0989. The molecule has 1 saturated heterocycles. The fourth-order valence-electron chi connectivity index (χ4n) is 5.02. The van der Waals surface area contributed by atoms with Gasteiger partial charge in [-0.25, -0.2) is 0 Å². The fraction of sp³-hybridized carbons (Fsp3) is 0.900. The molecule has 0 aromatic heterocycles. The number of carbonyl (C=O) groups is 2. The van der Waals surface area contributed by atoms with Crippen molar-refractivity contribution in [1.29, 1.82) is 0 Å². The van der Waals surface area contributed by atoms with Crippen LogP contribution in [0.1, 0.15) is 54.4 Å². The quantitative estimate of drug-likeness (QED) is 0.573. The highest BCUT2D eigenvalue weighted by Gasteiger charge is 2.62. The number of carbonyl (C=O) groups excluding carboxylic acids is 2. The first-order chi connectivity index (χ1) is 12.0. The van der Waals surface area contributed by atoms with Crippen molar-refractivity contribution in [2.75, 3.05) is 6.61 Å². The lowest BCUT2D eigenvalue weighted by atomic mass is 9.62. The van der Waals surface area contributed by atoms with Gasteiger partial charge in [-0.05, 0) is 37.0 Å². The normalized spacial score (nSPS) is 36.2. The maximum absolute atomic E-state index is 12.7. The van der Waals surface area contributed by atoms with E-state index in [0.29, 0.717) is 0 Å². The molecule has 0 aromatic rings. The number of aliphatic hydroxyl groups excluding tert-OH is 1. The number of ether oxygens (including phenoxy) is 3. The third-order valence-corrected chi connectivity index (χ3v) is 7.22. The van der Waals surface area contributed by atoms with E-state index >= 15 is 0 Å². The summed E-state index contributed by atoms with van der Waals surface area (Å²) >= 11 is 0. The Balaban J connectivity index is 1.56. The Labute approximate surface area is 155 Å². The molecular weight excluding hydrogens is 336 g/mol. The van der Waals surface area contributed by atoms with Crippen LogP contribution in [0.4, 0.5) is 0 Å². The molecule has 2 aliphatic carbocycles. The number of hydrogen-bond donors (Lipinski definition) is 1. The van der Waals surface area contributed by atoms with Crippen LogP contribution in [-0.4, -0.2) is 42.1 Å². The minimum Gasteiger partial charge on any atom is -0.460 e. The molecule has 6 heteroatoms. The van der Waals surface area contributed by atoms with Crippen LogP contribution >= 0.6 is 0 Å². The molecule has 7 unspecified atom stereocenters. The second kappa shape index (κ2) is 6.48. The van der Waals surface area contributed by atoms with E-state index in [1.165, 1.54) is 0 Å². The van der Waals surface area contributed by atoms with Gasteiger partial charge in [0.1, 0.15) is 18.8 Å². The molecular formula is C20H32O6. The second-order valence-electron chi connectivity index (χ2n) is 9.66. The van der Waals surface area contributed by atoms with Crippen molar-refractivity contribution in [1.82, 2.24) is 0 Å². The zero-order valence-corrected chi connectivity index (χ0v) is 16.7. The molecule has 7 atom stereocenters. The van der Waals surface area contributed by atoms with Gasteiger partial charge in [0.05, 0.1) is 11.3 Å². The van der Waals surface area contributed by atoms with Crippen LogP contribution in [0.25, 0.3) is 0 Å². The SMILES string of the molecule is CC(C)C(C)(C(=O)OCC(O)OC1C2CC3C(=O)OC1C3C2)C(C)(C)C. The first-order valence-electron chi connectivity index (χ1n) is 9.68. The van der Waals surface area contributed by atoms with E-state index < -0.39 is 11.7 Å². The average Bonchev–Trinajstić information content (AvgIpc) is 3.15. The van der Waals surface area contributed by atoms with Gasteiger partial charge >= 0.3 is 11.9 Å². The van der Waals surface area contributed by atoms with Crippen molar-refractivity contribution in [2.24, 2.45) is 34.5 Å². The Morgan fingerprint density at radius 2 is 1.92 bits per heavy atom. The molecule has 1 aliphatic heterocycles. The molecule has 1 N–H and O–H groups in total. The van der Waals surface area contributed by atoms with Crippen LogP contribution in [0, 0.1) is 34.5 Å². The molecule has 3 fully saturated rings. The molecule has 6 nitrogen and oxygen atoms in total. The molecule has 1 heterocycles. The van der Waals surface area contributed by atoms with E-state index in [4.69, 9.17) is 14.2 Å². The maximum Gasteiger partial charge on any atom is 0.312 e. The molecule has 3 aliphatic rings. The predicted octanol–water partition coefficient (Wildman–Crippen LogP) is 2.52. The molecule has 0 radical (unpaired) electrons. The van der Waals surface area contributed by atoms with Crippen molar-refractivity contribution in [3.05, 3.63) is 0 Å². The minimum atomic E-state index is -1.21. The number of fused-ring (bicyclic) bond motifs is 1. The van der Waals surface area contributed by atoms with Gasteiger partial charge in [0.15, 0.2) is 6.29 Å². The van der Waals surface area contributed by atoms with E-state index in [-0.39, 0.29) is 59.8 Å². The lowest BCUT2D eigenvalue weighted by Crippen LogP contribution is -2.46. The first kappa shape index (κ1) is 19.6. The number of aliphatic hydroxyl groups is 1. The minimum absolute atomic E-state index is 0.0124.